The molecule has 35 heteroatoms. The fraction of sp³-hybridized carbons (Fsp3) is 0.465. The van der Waals surface area contributed by atoms with Crippen LogP contribution in [0.2, 0.25) is 0 Å². The maximum absolute atomic E-state index is 14.5. The van der Waals surface area contributed by atoms with Crippen LogP contribution < -0.4 is 28.9 Å². The molecule has 4 aromatic heterocycles. The summed E-state index contributed by atoms with van der Waals surface area (Å²) in [4.78, 5) is 140. The minimum atomic E-state index is -0.725. The number of carbonyl (C=O) groups excluding carboxylic acids is 6. The molecule has 7 aromatic rings. The summed E-state index contributed by atoms with van der Waals surface area (Å²) in [5, 5.41) is 38.7. The second-order valence-corrected chi connectivity index (χ2v) is 31.8. The van der Waals surface area contributed by atoms with Gasteiger partial charge in [-0.25, -0.2) is 15.9 Å². The van der Waals surface area contributed by atoms with Gasteiger partial charge in [-0.15, -0.1) is 0 Å². The van der Waals surface area contributed by atoms with Crippen LogP contribution in [0.25, 0.3) is 15.9 Å². The number of halogens is 1. The lowest BCUT2D eigenvalue weighted by Crippen LogP contribution is -2.56. The number of nitrogens with zero attached hydrogens (tertiary/aromatic N) is 22. The Kier molecular flexibility index (Phi) is 26.3. The van der Waals surface area contributed by atoms with E-state index in [9.17, 15) is 53.9 Å². The number of aromatic amines is 1. The molecule has 16 rings (SSSR count). The number of likely N-dealkylation sites (N-methyl/N-ethyl adjacent to an activating group) is 3. The van der Waals surface area contributed by atoms with Crippen molar-refractivity contribution in [2.45, 2.75) is 134 Å². The van der Waals surface area contributed by atoms with Gasteiger partial charge in [0.15, 0.2) is 5.82 Å². The van der Waals surface area contributed by atoms with Gasteiger partial charge >= 0.3 is 18.0 Å². The van der Waals surface area contributed by atoms with Crippen molar-refractivity contribution in [3.05, 3.63) is 172 Å². The molecule has 0 aliphatic carbocycles. The van der Waals surface area contributed by atoms with Crippen molar-refractivity contribution in [3.8, 4) is 41.7 Å². The van der Waals surface area contributed by atoms with Gasteiger partial charge in [0.1, 0.15) is 60.6 Å². The van der Waals surface area contributed by atoms with Crippen LogP contribution in [-0.4, -0.2) is 292 Å². The number of benzene rings is 3. The Morgan fingerprint density at radius 1 is 0.521 bits per heavy atom. The molecule has 0 saturated carbocycles. The van der Waals surface area contributed by atoms with Crippen LogP contribution in [0.4, 0.5) is 21.8 Å². The molecular weight excluding hydrogens is 1550 g/mol. The number of aromatic hydroxyl groups is 2. The Bertz CT molecular complexity index is 5020. The average Bonchev–Trinajstić information content (AvgIpc) is 1.63. The molecule has 9 aliphatic heterocycles. The zero-order chi connectivity index (χ0) is 85.3. The van der Waals surface area contributed by atoms with E-state index in [0.717, 1.165) is 104 Å². The lowest BCUT2D eigenvalue weighted by atomic mass is 10.1. The van der Waals surface area contributed by atoms with E-state index in [2.05, 4.69) is 97.3 Å². The second kappa shape index (κ2) is 37.6. The van der Waals surface area contributed by atoms with Crippen LogP contribution in [0, 0.1) is 42.0 Å². The molecule has 13 heterocycles. The highest BCUT2D eigenvalue weighted by Gasteiger charge is 2.42. The minimum Gasteiger partial charge on any atom is -0.508 e. The lowest BCUT2D eigenvalue weighted by Gasteiger charge is -2.41. The number of aromatic nitrogens is 8. The number of carbonyl (C=O) groups is 6. The van der Waals surface area contributed by atoms with Gasteiger partial charge in [0.2, 0.25) is 24.3 Å². The Balaban J connectivity index is 0.000000148. The Labute approximate surface area is 701 Å². The van der Waals surface area contributed by atoms with Crippen molar-refractivity contribution >= 4 is 63.9 Å². The number of amides is 6. The summed E-state index contributed by atoms with van der Waals surface area (Å²) >= 11 is 0. The minimum absolute atomic E-state index is 0.0363. The van der Waals surface area contributed by atoms with E-state index < -0.39 is 11.7 Å². The molecule has 121 heavy (non-hydrogen) atoms. The summed E-state index contributed by atoms with van der Waals surface area (Å²) in [5.41, 5.74) is 6.96. The number of phenolic OH excluding ortho intramolecular Hbond substituents is 2. The summed E-state index contributed by atoms with van der Waals surface area (Å²) in [7, 11) is 6.24. The first kappa shape index (κ1) is 84.5. The van der Waals surface area contributed by atoms with E-state index in [4.69, 9.17) is 45.7 Å². The molecule has 6 atom stereocenters. The van der Waals surface area contributed by atoms with Crippen molar-refractivity contribution in [1.29, 1.82) is 10.5 Å². The summed E-state index contributed by atoms with van der Waals surface area (Å²) in [6, 6.07) is 20.6. The van der Waals surface area contributed by atoms with E-state index in [1.807, 2.05) is 36.1 Å². The summed E-state index contributed by atoms with van der Waals surface area (Å²) in [6.07, 6.45) is 10.6. The van der Waals surface area contributed by atoms with Crippen LogP contribution in [0.15, 0.2) is 98.6 Å². The number of nitrogens with one attached hydrogen (secondary N) is 1. The predicted octanol–water partition coefficient (Wildman–Crippen LogP) is 6.41. The highest BCUT2D eigenvalue weighted by molar-refractivity contribution is 5.97. The van der Waals surface area contributed by atoms with E-state index in [1.54, 1.807) is 36.6 Å². The number of H-pyrrole nitrogens is 1. The SMILES string of the molecule is C=CC(=O)N1CCN(c2nc(OC[C@@H]3CCCN3C)nc3c2CN(C(=O)c2cc(O)ccc2C)C3)C[C@@H]1CC#N.C=CC(=O)N1CCN(c2nc(OC[C@@H]3CCCN3C)nc3c2CN(C(=O)c2cc(O)ccc2F)C3)C[C@@H]1CC#N.[C-]#[N+]C[C@H]1CN(c2nc(OC[C@@H]3CCCN3C)nc3c2CN(C(=O)c2nc4ccccc4[nH]2)C3)CCN1C(=O)C=C. The molecule has 9 aliphatic rings. The van der Waals surface area contributed by atoms with Gasteiger partial charge in [-0.2, -0.15) is 40.4 Å². The number of nitriles is 2. The van der Waals surface area contributed by atoms with Gasteiger partial charge in [-0.05, 0) is 152 Å². The zero-order valence-electron chi connectivity index (χ0n) is 68.6. The molecule has 34 nitrogen and oxygen atoms in total. The number of para-hydroxylation sites is 2. The maximum Gasteiger partial charge on any atom is 0.318 e. The first-order valence-electron chi connectivity index (χ1n) is 40.9. The second-order valence-electron chi connectivity index (χ2n) is 31.8. The molecule has 6 saturated heterocycles. The van der Waals surface area contributed by atoms with E-state index in [0.29, 0.717) is 150 Å². The summed E-state index contributed by atoms with van der Waals surface area (Å²) < 4.78 is 32.8. The monoisotopic (exact) mass is 1650 g/mol. The predicted molar refractivity (Wildman–Crippen MR) is 443 cm³/mol. The number of fused-ring (bicyclic) bond motifs is 4. The van der Waals surface area contributed by atoms with Crippen molar-refractivity contribution < 1.29 is 57.6 Å². The number of rotatable bonds is 21. The molecule has 3 N–H and O–H groups in total. The Morgan fingerprint density at radius 3 is 1.32 bits per heavy atom. The third-order valence-electron chi connectivity index (χ3n) is 24.2. The Hall–Kier alpha value is -12.9. The van der Waals surface area contributed by atoms with Crippen molar-refractivity contribution in [3.63, 3.8) is 0 Å². The van der Waals surface area contributed by atoms with E-state index in [-0.39, 0.29) is 134 Å². The molecule has 6 amide bonds. The molecule has 6 fully saturated rings. The normalized spacial score (nSPS) is 20.8. The largest absolute Gasteiger partial charge is 0.508 e. The van der Waals surface area contributed by atoms with Crippen LogP contribution in [0.1, 0.15) is 122 Å². The topological polar surface area (TPSA) is 367 Å². The van der Waals surface area contributed by atoms with Crippen LogP contribution in [0.3, 0.4) is 0 Å². The molecule has 0 spiro atoms. The number of anilines is 3. The van der Waals surface area contributed by atoms with Crippen molar-refractivity contribution in [2.24, 2.45) is 0 Å². The average molecular weight is 1650 g/mol. The van der Waals surface area contributed by atoms with Gasteiger partial charge in [0.05, 0.1) is 110 Å². The fourth-order valence-corrected chi connectivity index (χ4v) is 17.4. The van der Waals surface area contributed by atoms with E-state index >= 15 is 0 Å². The van der Waals surface area contributed by atoms with E-state index in [1.165, 1.54) is 35.3 Å². The first-order valence-corrected chi connectivity index (χ1v) is 40.9. The number of hydrogen-bond acceptors (Lipinski definition) is 26. The molecule has 632 valence electrons. The standard InChI is InChI=1S/C29H33N9O3.C29H35N7O4.C28H32FN7O4/c1-4-25(39)38-13-12-36(15-20(38)14-30-2)27-21-16-37(28(40)26-31-22-9-5-6-10-23(22)32-26)17-24(21)33-29(34-27)41-18-19-8-7-11-35(19)3;1-4-26(38)36-13-12-34(15-20(36)9-10-30)27-24-16-35(28(39)23-14-22(37)8-7-19(23)2)17-25(24)31-29(32-27)40-18-21-6-5-11-33(21)3;1-3-25(38)36-12-11-34(14-18(36)8-9-30)26-22-15-35(27(39)21-13-20(37)6-7-23(21)29)16-24(22)31-28(32-26)40-17-19-5-4-10-33(19)2/h4-6,9-10,19-20H,1,7-8,11-18H2,3H3,(H,31,32);4,7-8,14,20-21,37H,1,5-6,9,11-13,15-18H2,2-3H3;3,6-7,13,18-19,37H,1,4-5,8,10-12,14-17H2,2H3/t19-,20-;20-,21-;18-,19-/m000/s1. The van der Waals surface area contributed by atoms with Gasteiger partial charge < -0.3 is 93.1 Å². The zero-order valence-corrected chi connectivity index (χ0v) is 68.6. The number of phenols is 2. The third kappa shape index (κ3) is 18.8. The molecule has 0 bridgehead atoms. The molecular formula is C86H100FN23O11. The molecule has 3 aromatic carbocycles. The quantitative estimate of drug-likeness (QED) is 0.0517. The molecule has 0 radical (unpaired) electrons. The fourth-order valence-electron chi connectivity index (χ4n) is 17.4. The van der Waals surface area contributed by atoms with Crippen LogP contribution in [0.5, 0.6) is 29.5 Å². The number of likely N-dealkylation sites (tertiary alicyclic amines) is 3. The lowest BCUT2D eigenvalue weighted by molar-refractivity contribution is -0.129. The highest BCUT2D eigenvalue weighted by Crippen LogP contribution is 2.39. The van der Waals surface area contributed by atoms with Crippen molar-refractivity contribution in [1.82, 2.24) is 84.0 Å². The van der Waals surface area contributed by atoms with Crippen molar-refractivity contribution in [2.75, 3.05) is 141 Å². The maximum atomic E-state index is 14.5. The number of imidazole rings is 1. The number of aryl methyl sites for hydroxylation is 1. The smallest absolute Gasteiger partial charge is 0.318 e. The summed E-state index contributed by atoms with van der Waals surface area (Å²) in [5.74, 6) is -0.294. The third-order valence-corrected chi connectivity index (χ3v) is 24.2. The number of ether oxygens (including phenoxy) is 3. The molecule has 0 unspecified atom stereocenters. The van der Waals surface area contributed by atoms with Gasteiger partial charge in [0, 0.05) is 99.3 Å². The van der Waals surface area contributed by atoms with Gasteiger partial charge in [-0.1, -0.05) is 37.9 Å². The van der Waals surface area contributed by atoms with Crippen LogP contribution in [-0.2, 0) is 53.7 Å². The Morgan fingerprint density at radius 2 is 0.917 bits per heavy atom. The van der Waals surface area contributed by atoms with Gasteiger partial charge in [-0.3, -0.25) is 28.8 Å². The number of hydrogen-bond donors (Lipinski definition) is 3. The van der Waals surface area contributed by atoms with Crippen LogP contribution >= 0.6 is 0 Å². The summed E-state index contributed by atoms with van der Waals surface area (Å²) in [6.45, 7) is 30.1. The first-order chi connectivity index (χ1) is 58.5. The number of piperazine rings is 3. The highest BCUT2D eigenvalue weighted by atomic mass is 19.1. The van der Waals surface area contributed by atoms with Gasteiger partial charge in [0.25, 0.3) is 17.7 Å².